The first-order valence-corrected chi connectivity index (χ1v) is 8.36. The summed E-state index contributed by atoms with van der Waals surface area (Å²) in [6.07, 6.45) is 0. The van der Waals surface area contributed by atoms with Crippen LogP contribution in [0.5, 0.6) is 0 Å². The monoisotopic (exact) mass is 402 g/mol. The Hall–Kier alpha value is -0.360. The van der Waals surface area contributed by atoms with Crippen LogP contribution in [0.2, 0.25) is 0 Å². The molecule has 0 bridgehead atoms. The third-order valence-electron chi connectivity index (χ3n) is 2.65. The number of benzene rings is 1. The molecule has 0 amide bonds. The largest absolute Gasteiger partial charge is 0.380 e. The number of nitrogens with one attached hydrogen (secondary N) is 1. The van der Waals surface area contributed by atoms with E-state index in [0.29, 0.717) is 0 Å². The van der Waals surface area contributed by atoms with Gasteiger partial charge in [0.05, 0.1) is 3.79 Å². The van der Waals surface area contributed by atoms with E-state index in [2.05, 4.69) is 86.5 Å². The Labute approximate surface area is 135 Å². The van der Waals surface area contributed by atoms with Crippen LogP contribution in [0.1, 0.15) is 10.4 Å². The van der Waals surface area contributed by atoms with Crippen molar-refractivity contribution in [3.63, 3.8) is 0 Å². The molecule has 0 spiro atoms. The van der Waals surface area contributed by atoms with Crippen LogP contribution in [0, 0.1) is 0 Å². The molecule has 0 fully saturated rings. The van der Waals surface area contributed by atoms with E-state index in [-0.39, 0.29) is 0 Å². The molecule has 0 saturated heterocycles. The van der Waals surface area contributed by atoms with E-state index >= 15 is 0 Å². The van der Waals surface area contributed by atoms with Crippen LogP contribution in [0.3, 0.4) is 0 Å². The molecule has 0 aliphatic carbocycles. The average molecular weight is 404 g/mol. The van der Waals surface area contributed by atoms with Gasteiger partial charge in [0.2, 0.25) is 0 Å². The summed E-state index contributed by atoms with van der Waals surface area (Å²) >= 11 is 8.80. The summed E-state index contributed by atoms with van der Waals surface area (Å²) in [5.74, 6) is 0. The Bertz CT molecular complexity index is 533. The molecule has 0 radical (unpaired) electrons. The highest BCUT2D eigenvalue weighted by molar-refractivity contribution is 9.13. The lowest BCUT2D eigenvalue weighted by atomic mass is 10.1. The van der Waals surface area contributed by atoms with Crippen LogP contribution in [-0.4, -0.2) is 19.0 Å². The third-order valence-corrected chi connectivity index (χ3v) is 5.91. The van der Waals surface area contributed by atoms with Gasteiger partial charge in [-0.05, 0) is 63.7 Å². The molecule has 102 valence electrons. The van der Waals surface area contributed by atoms with E-state index in [1.54, 1.807) is 11.3 Å². The van der Waals surface area contributed by atoms with Gasteiger partial charge < -0.3 is 10.2 Å². The number of thiophene rings is 1. The van der Waals surface area contributed by atoms with E-state index in [0.717, 1.165) is 21.3 Å². The van der Waals surface area contributed by atoms with Crippen molar-refractivity contribution >= 4 is 48.9 Å². The number of nitrogens with zero attached hydrogens (tertiary/aromatic N) is 1. The summed E-state index contributed by atoms with van der Waals surface area (Å²) in [6, 6.07) is 10.6. The van der Waals surface area contributed by atoms with Crippen LogP contribution < -0.4 is 5.32 Å². The Kier molecular flexibility index (Phi) is 5.45. The molecule has 1 heterocycles. The van der Waals surface area contributed by atoms with Crippen molar-refractivity contribution in [2.24, 2.45) is 0 Å². The van der Waals surface area contributed by atoms with E-state index in [9.17, 15) is 0 Å². The summed E-state index contributed by atoms with van der Waals surface area (Å²) in [7, 11) is 4.18. The molecule has 2 nitrogen and oxygen atoms in total. The van der Waals surface area contributed by atoms with E-state index < -0.39 is 0 Å². The van der Waals surface area contributed by atoms with Gasteiger partial charge in [-0.1, -0.05) is 18.2 Å². The van der Waals surface area contributed by atoms with Gasteiger partial charge >= 0.3 is 0 Å². The zero-order chi connectivity index (χ0) is 13.8. The molecular formula is C14H16Br2N2S. The lowest BCUT2D eigenvalue weighted by Gasteiger charge is -2.15. The first-order chi connectivity index (χ1) is 9.06. The molecule has 1 N–H and O–H groups in total. The first kappa shape index (κ1) is 15.0. The zero-order valence-corrected chi connectivity index (χ0v) is 14.9. The van der Waals surface area contributed by atoms with Crippen molar-refractivity contribution in [1.82, 2.24) is 4.90 Å². The summed E-state index contributed by atoms with van der Waals surface area (Å²) in [5.41, 5.74) is 2.53. The first-order valence-electron chi connectivity index (χ1n) is 5.96. The molecular weight excluding hydrogens is 388 g/mol. The van der Waals surface area contributed by atoms with Crippen LogP contribution in [0.4, 0.5) is 5.69 Å². The lowest BCUT2D eigenvalue weighted by molar-refractivity contribution is 0.403. The van der Waals surface area contributed by atoms with Crippen LogP contribution in [0.15, 0.2) is 38.6 Å². The molecule has 2 aromatic rings. The molecule has 5 heteroatoms. The molecule has 0 aliphatic heterocycles. The minimum Gasteiger partial charge on any atom is -0.380 e. The van der Waals surface area contributed by atoms with Crippen molar-refractivity contribution < 1.29 is 0 Å². The van der Waals surface area contributed by atoms with Gasteiger partial charge in [0, 0.05) is 28.1 Å². The van der Waals surface area contributed by atoms with Crippen molar-refractivity contribution in [1.29, 1.82) is 0 Å². The van der Waals surface area contributed by atoms with Crippen LogP contribution in [-0.2, 0) is 13.1 Å². The zero-order valence-electron chi connectivity index (χ0n) is 10.9. The second-order valence-electron chi connectivity index (χ2n) is 4.58. The molecule has 19 heavy (non-hydrogen) atoms. The number of hydrogen-bond acceptors (Lipinski definition) is 3. The highest BCUT2D eigenvalue weighted by Gasteiger charge is 2.06. The van der Waals surface area contributed by atoms with Crippen molar-refractivity contribution in [2.75, 3.05) is 19.4 Å². The van der Waals surface area contributed by atoms with Crippen molar-refractivity contribution in [3.8, 4) is 0 Å². The van der Waals surface area contributed by atoms with Gasteiger partial charge in [0.1, 0.15) is 0 Å². The number of rotatable bonds is 5. The fourth-order valence-electron chi connectivity index (χ4n) is 1.83. The maximum absolute atomic E-state index is 3.53. The summed E-state index contributed by atoms with van der Waals surface area (Å²) in [5, 5.41) is 3.52. The van der Waals surface area contributed by atoms with Gasteiger partial charge in [-0.15, -0.1) is 11.3 Å². The van der Waals surface area contributed by atoms with E-state index in [1.807, 2.05) is 0 Å². The van der Waals surface area contributed by atoms with Gasteiger partial charge in [-0.25, -0.2) is 0 Å². The second kappa shape index (κ2) is 6.88. The van der Waals surface area contributed by atoms with Gasteiger partial charge in [-0.3, -0.25) is 0 Å². The number of para-hydroxylation sites is 1. The molecule has 0 unspecified atom stereocenters. The maximum Gasteiger partial charge on any atom is 0.0843 e. The maximum atomic E-state index is 3.53. The number of anilines is 1. The highest BCUT2D eigenvalue weighted by atomic mass is 79.9. The summed E-state index contributed by atoms with van der Waals surface area (Å²) in [4.78, 5) is 3.48. The normalized spacial score (nSPS) is 11.0. The van der Waals surface area contributed by atoms with Gasteiger partial charge in [0.25, 0.3) is 0 Å². The van der Waals surface area contributed by atoms with Gasteiger partial charge in [-0.2, -0.15) is 0 Å². The van der Waals surface area contributed by atoms with Crippen molar-refractivity contribution in [3.05, 3.63) is 49.0 Å². The van der Waals surface area contributed by atoms with Crippen molar-refractivity contribution in [2.45, 2.75) is 13.1 Å². The summed E-state index contributed by atoms with van der Waals surface area (Å²) < 4.78 is 2.27. The average Bonchev–Trinajstić information content (AvgIpc) is 2.67. The van der Waals surface area contributed by atoms with Crippen LogP contribution >= 0.6 is 43.2 Å². The van der Waals surface area contributed by atoms with E-state index in [4.69, 9.17) is 0 Å². The molecule has 0 atom stereocenters. The fraction of sp³-hybridized carbons (Fsp3) is 0.286. The van der Waals surface area contributed by atoms with Gasteiger partial charge in [0.15, 0.2) is 0 Å². The standard InChI is InChI=1S/C14H16Br2N2S/c1-18(2)9-10-5-3-4-6-13(10)17-8-11-7-12(15)14(16)19-11/h3-7,17H,8-9H2,1-2H3. The number of halogens is 2. The SMILES string of the molecule is CN(C)Cc1ccccc1NCc1cc(Br)c(Br)s1. The molecule has 0 aliphatic rings. The molecule has 0 saturated carbocycles. The predicted octanol–water partition coefficient (Wildman–Crippen LogP) is 4.95. The van der Waals surface area contributed by atoms with E-state index in [1.165, 1.54) is 16.1 Å². The lowest BCUT2D eigenvalue weighted by Crippen LogP contribution is -2.12. The second-order valence-corrected chi connectivity index (χ2v) is 7.89. The van der Waals surface area contributed by atoms with Crippen LogP contribution in [0.25, 0.3) is 0 Å². The molecule has 1 aromatic heterocycles. The molecule has 2 rings (SSSR count). The Morgan fingerprint density at radius 3 is 2.58 bits per heavy atom. The Balaban J connectivity index is 2.06. The quantitative estimate of drug-likeness (QED) is 0.759. The fourth-order valence-corrected chi connectivity index (χ4v) is 3.95. The Morgan fingerprint density at radius 2 is 1.95 bits per heavy atom. The third kappa shape index (κ3) is 4.31. The smallest absolute Gasteiger partial charge is 0.0843 e. The Morgan fingerprint density at radius 1 is 1.21 bits per heavy atom. The minimum absolute atomic E-state index is 0.847. The minimum atomic E-state index is 0.847. The topological polar surface area (TPSA) is 15.3 Å². The number of hydrogen-bond donors (Lipinski definition) is 1. The summed E-state index contributed by atoms with van der Waals surface area (Å²) in [6.45, 7) is 1.79. The molecule has 1 aromatic carbocycles. The highest BCUT2D eigenvalue weighted by Crippen LogP contribution is 2.32. The predicted molar refractivity (Wildman–Crippen MR) is 90.9 cm³/mol.